The number of anilines is 1. The number of hydrogen-bond donors (Lipinski definition) is 1. The van der Waals surface area contributed by atoms with Gasteiger partial charge in [-0.15, -0.1) is 11.3 Å². The molecule has 1 aromatic heterocycles. The molecular formula is C14H16BrClN2S. The quantitative estimate of drug-likeness (QED) is 0.821. The highest BCUT2D eigenvalue weighted by atomic mass is 79.9. The Bertz CT molecular complexity index is 608. The molecule has 0 aliphatic carbocycles. The fourth-order valence-electron chi connectivity index (χ4n) is 1.96. The number of aryl methyl sites for hydroxylation is 1. The third-order valence-electron chi connectivity index (χ3n) is 2.97. The minimum absolute atomic E-state index is 0.378. The maximum atomic E-state index is 6.20. The average Bonchev–Trinajstić information content (AvgIpc) is 2.67. The Morgan fingerprint density at radius 2 is 2.11 bits per heavy atom. The van der Waals surface area contributed by atoms with Gasteiger partial charge >= 0.3 is 0 Å². The van der Waals surface area contributed by atoms with E-state index in [1.807, 2.05) is 13.0 Å². The molecule has 102 valence electrons. The zero-order valence-electron chi connectivity index (χ0n) is 11.1. The Hall–Kier alpha value is -0.580. The summed E-state index contributed by atoms with van der Waals surface area (Å²) in [6.45, 7) is 6.27. The van der Waals surface area contributed by atoms with Gasteiger partial charge in [0, 0.05) is 20.8 Å². The van der Waals surface area contributed by atoms with Gasteiger partial charge in [0.25, 0.3) is 0 Å². The van der Waals surface area contributed by atoms with Crippen LogP contribution in [0.4, 0.5) is 5.13 Å². The predicted molar refractivity (Wildman–Crippen MR) is 87.3 cm³/mol. The number of nitrogens with two attached hydrogens (primary N) is 1. The number of nitrogens with zero attached hydrogens (tertiary/aromatic N) is 1. The number of halogens is 2. The van der Waals surface area contributed by atoms with E-state index in [9.17, 15) is 0 Å². The van der Waals surface area contributed by atoms with Gasteiger partial charge in [-0.3, -0.25) is 0 Å². The highest BCUT2D eigenvalue weighted by Gasteiger charge is 2.15. The van der Waals surface area contributed by atoms with Crippen LogP contribution in [0.3, 0.4) is 0 Å². The van der Waals surface area contributed by atoms with Crippen LogP contribution in [0.1, 0.15) is 41.5 Å². The van der Waals surface area contributed by atoms with Crippen LogP contribution in [-0.4, -0.2) is 4.98 Å². The lowest BCUT2D eigenvalue weighted by atomic mass is 10.0. The van der Waals surface area contributed by atoms with E-state index in [-0.39, 0.29) is 0 Å². The molecule has 0 atom stereocenters. The first-order chi connectivity index (χ1) is 8.88. The second-order valence-corrected chi connectivity index (χ2v) is 7.26. The molecule has 2 aromatic rings. The molecule has 0 saturated carbocycles. The van der Waals surface area contributed by atoms with Crippen LogP contribution < -0.4 is 5.73 Å². The van der Waals surface area contributed by atoms with Crippen molar-refractivity contribution in [1.29, 1.82) is 0 Å². The van der Waals surface area contributed by atoms with Crippen molar-refractivity contribution >= 4 is 44.0 Å². The number of hydrogen-bond acceptors (Lipinski definition) is 3. The summed E-state index contributed by atoms with van der Waals surface area (Å²) in [4.78, 5) is 5.64. The van der Waals surface area contributed by atoms with Gasteiger partial charge in [-0.1, -0.05) is 41.4 Å². The molecule has 0 aliphatic heterocycles. The SMILES string of the molecule is Cc1cc(Br)c(Cc2sc(N)nc2C(C)C)cc1Cl. The van der Waals surface area contributed by atoms with E-state index in [1.165, 1.54) is 10.4 Å². The van der Waals surface area contributed by atoms with E-state index >= 15 is 0 Å². The molecule has 1 aromatic carbocycles. The van der Waals surface area contributed by atoms with Gasteiger partial charge in [-0.2, -0.15) is 0 Å². The van der Waals surface area contributed by atoms with E-state index in [1.54, 1.807) is 11.3 Å². The Labute approximate surface area is 131 Å². The lowest BCUT2D eigenvalue weighted by Crippen LogP contribution is -1.96. The maximum absolute atomic E-state index is 6.20. The topological polar surface area (TPSA) is 38.9 Å². The smallest absolute Gasteiger partial charge is 0.180 e. The molecule has 1 heterocycles. The molecule has 19 heavy (non-hydrogen) atoms. The Balaban J connectivity index is 2.39. The van der Waals surface area contributed by atoms with Crippen LogP contribution in [0.25, 0.3) is 0 Å². The van der Waals surface area contributed by atoms with Gasteiger partial charge < -0.3 is 5.73 Å². The summed E-state index contributed by atoms with van der Waals surface area (Å²) in [6, 6.07) is 4.07. The molecule has 2 rings (SSSR count). The summed E-state index contributed by atoms with van der Waals surface area (Å²) in [5, 5.41) is 1.43. The largest absolute Gasteiger partial charge is 0.375 e. The van der Waals surface area contributed by atoms with Gasteiger partial charge in [-0.05, 0) is 36.1 Å². The standard InChI is InChI=1S/C14H16BrClN2S/c1-7(2)13-12(19-14(17)18-13)6-9-5-11(16)8(3)4-10(9)15/h4-5,7H,6H2,1-3H3,(H2,17,18). The molecule has 0 aliphatic rings. The third-order valence-corrected chi connectivity index (χ3v) is 5.02. The molecule has 5 heteroatoms. The van der Waals surface area contributed by atoms with Crippen molar-refractivity contribution in [2.75, 3.05) is 5.73 Å². The van der Waals surface area contributed by atoms with Crippen molar-refractivity contribution in [3.05, 3.63) is 43.3 Å². The van der Waals surface area contributed by atoms with E-state index in [0.717, 1.165) is 27.2 Å². The monoisotopic (exact) mass is 358 g/mol. The number of rotatable bonds is 3. The normalized spacial score (nSPS) is 11.3. The van der Waals surface area contributed by atoms with Gasteiger partial charge in [-0.25, -0.2) is 4.98 Å². The number of aromatic nitrogens is 1. The molecule has 0 saturated heterocycles. The maximum Gasteiger partial charge on any atom is 0.180 e. The Morgan fingerprint density at radius 1 is 1.42 bits per heavy atom. The first kappa shape index (κ1) is 14.8. The fourth-order valence-corrected chi connectivity index (χ4v) is 3.75. The molecule has 0 spiro atoms. The van der Waals surface area contributed by atoms with Crippen molar-refractivity contribution < 1.29 is 0 Å². The Morgan fingerprint density at radius 3 is 2.74 bits per heavy atom. The number of nitrogen functional groups attached to an aromatic ring is 1. The highest BCUT2D eigenvalue weighted by molar-refractivity contribution is 9.10. The molecule has 2 N–H and O–H groups in total. The zero-order valence-corrected chi connectivity index (χ0v) is 14.3. The van der Waals surface area contributed by atoms with Crippen LogP contribution >= 0.6 is 38.9 Å². The number of benzene rings is 1. The Kier molecular flexibility index (Phi) is 4.54. The van der Waals surface area contributed by atoms with Crippen molar-refractivity contribution in [2.45, 2.75) is 33.1 Å². The molecule has 2 nitrogen and oxygen atoms in total. The van der Waals surface area contributed by atoms with E-state index in [2.05, 4.69) is 40.8 Å². The summed E-state index contributed by atoms with van der Waals surface area (Å²) in [5.74, 6) is 0.378. The summed E-state index contributed by atoms with van der Waals surface area (Å²) in [6.07, 6.45) is 0.808. The molecular weight excluding hydrogens is 344 g/mol. The van der Waals surface area contributed by atoms with Gasteiger partial charge in [0.15, 0.2) is 5.13 Å². The minimum Gasteiger partial charge on any atom is -0.375 e. The van der Waals surface area contributed by atoms with Crippen molar-refractivity contribution in [3.8, 4) is 0 Å². The second-order valence-electron chi connectivity index (χ2n) is 4.88. The molecule has 0 amide bonds. The summed E-state index contributed by atoms with van der Waals surface area (Å²) >= 11 is 11.4. The first-order valence-corrected chi connectivity index (χ1v) is 8.06. The summed E-state index contributed by atoms with van der Waals surface area (Å²) in [5.41, 5.74) is 9.16. The summed E-state index contributed by atoms with van der Waals surface area (Å²) in [7, 11) is 0. The third kappa shape index (κ3) is 3.30. The second kappa shape index (κ2) is 5.81. The average molecular weight is 360 g/mol. The van der Waals surface area contributed by atoms with Crippen molar-refractivity contribution in [2.24, 2.45) is 0 Å². The lowest BCUT2D eigenvalue weighted by Gasteiger charge is -2.09. The van der Waals surface area contributed by atoms with Crippen LogP contribution in [-0.2, 0) is 6.42 Å². The molecule has 0 bridgehead atoms. The molecule has 0 unspecified atom stereocenters. The number of thiazole rings is 1. The van der Waals surface area contributed by atoms with Gasteiger partial charge in [0.05, 0.1) is 5.69 Å². The van der Waals surface area contributed by atoms with E-state index in [0.29, 0.717) is 11.0 Å². The zero-order chi connectivity index (χ0) is 14.2. The van der Waals surface area contributed by atoms with Crippen LogP contribution in [0, 0.1) is 6.92 Å². The predicted octanol–water partition coefficient (Wildman–Crippen LogP) is 5.16. The van der Waals surface area contributed by atoms with E-state index < -0.39 is 0 Å². The fraction of sp³-hybridized carbons (Fsp3) is 0.357. The van der Waals surface area contributed by atoms with Crippen LogP contribution in [0.2, 0.25) is 5.02 Å². The molecule has 0 radical (unpaired) electrons. The van der Waals surface area contributed by atoms with E-state index in [4.69, 9.17) is 17.3 Å². The molecule has 0 fully saturated rings. The van der Waals surface area contributed by atoms with Crippen molar-refractivity contribution in [1.82, 2.24) is 4.98 Å². The summed E-state index contributed by atoms with van der Waals surface area (Å²) < 4.78 is 1.08. The highest BCUT2D eigenvalue weighted by Crippen LogP contribution is 2.32. The first-order valence-electron chi connectivity index (χ1n) is 6.08. The van der Waals surface area contributed by atoms with Gasteiger partial charge in [0.1, 0.15) is 0 Å². The van der Waals surface area contributed by atoms with Crippen molar-refractivity contribution in [3.63, 3.8) is 0 Å². The van der Waals surface area contributed by atoms with Crippen LogP contribution in [0.15, 0.2) is 16.6 Å². The van der Waals surface area contributed by atoms with Crippen LogP contribution in [0.5, 0.6) is 0 Å². The lowest BCUT2D eigenvalue weighted by molar-refractivity contribution is 0.820. The van der Waals surface area contributed by atoms with Gasteiger partial charge in [0.2, 0.25) is 0 Å². The minimum atomic E-state index is 0.378.